The van der Waals surface area contributed by atoms with Crippen molar-refractivity contribution >= 4 is 23.1 Å². The molecule has 0 fully saturated rings. The molecule has 0 radical (unpaired) electrons. The van der Waals surface area contributed by atoms with E-state index < -0.39 is 17.3 Å². The third-order valence-electron chi connectivity index (χ3n) is 3.62. The van der Waals surface area contributed by atoms with Crippen LogP contribution in [0.3, 0.4) is 0 Å². The Balaban J connectivity index is 1.79. The summed E-state index contributed by atoms with van der Waals surface area (Å²) in [5.41, 5.74) is 0.297. The SMILES string of the molecule is Cn1c(=O)c2[nH]c(NC(=O)NCc3ccccc3)nc2n(C)c1=O. The minimum atomic E-state index is -0.502. The average molecular weight is 328 g/mol. The molecule has 24 heavy (non-hydrogen) atoms. The third-order valence-corrected chi connectivity index (χ3v) is 3.62. The highest BCUT2D eigenvalue weighted by molar-refractivity contribution is 5.89. The van der Waals surface area contributed by atoms with E-state index in [-0.39, 0.29) is 17.1 Å². The van der Waals surface area contributed by atoms with E-state index in [1.54, 1.807) is 0 Å². The Morgan fingerprint density at radius 2 is 1.88 bits per heavy atom. The lowest BCUT2D eigenvalue weighted by atomic mass is 10.2. The molecule has 0 saturated heterocycles. The lowest BCUT2D eigenvalue weighted by molar-refractivity contribution is 0.251. The highest BCUT2D eigenvalue weighted by atomic mass is 16.2. The van der Waals surface area contributed by atoms with Crippen molar-refractivity contribution in [2.75, 3.05) is 5.32 Å². The first-order chi connectivity index (χ1) is 11.5. The summed E-state index contributed by atoms with van der Waals surface area (Å²) in [5.74, 6) is 0.0915. The van der Waals surface area contributed by atoms with Crippen LogP contribution in [0.4, 0.5) is 10.7 Å². The lowest BCUT2D eigenvalue weighted by Crippen LogP contribution is -2.36. The van der Waals surface area contributed by atoms with E-state index in [0.29, 0.717) is 6.54 Å². The lowest BCUT2D eigenvalue weighted by Gasteiger charge is -2.05. The van der Waals surface area contributed by atoms with Gasteiger partial charge in [-0.2, -0.15) is 4.98 Å². The molecule has 124 valence electrons. The van der Waals surface area contributed by atoms with E-state index in [0.717, 1.165) is 10.1 Å². The number of aromatic nitrogens is 4. The van der Waals surface area contributed by atoms with Crippen molar-refractivity contribution in [3.05, 3.63) is 56.7 Å². The highest BCUT2D eigenvalue weighted by Gasteiger charge is 2.14. The topological polar surface area (TPSA) is 114 Å². The molecule has 3 rings (SSSR count). The molecule has 9 nitrogen and oxygen atoms in total. The normalized spacial score (nSPS) is 10.8. The summed E-state index contributed by atoms with van der Waals surface area (Å²) in [7, 11) is 2.88. The van der Waals surface area contributed by atoms with Crippen molar-refractivity contribution in [1.29, 1.82) is 0 Å². The van der Waals surface area contributed by atoms with Crippen molar-refractivity contribution in [1.82, 2.24) is 24.4 Å². The summed E-state index contributed by atoms with van der Waals surface area (Å²) >= 11 is 0. The summed E-state index contributed by atoms with van der Waals surface area (Å²) in [4.78, 5) is 42.7. The van der Waals surface area contributed by atoms with Crippen molar-refractivity contribution in [3.63, 3.8) is 0 Å². The Morgan fingerprint density at radius 3 is 2.58 bits per heavy atom. The molecular formula is C15H16N6O3. The fraction of sp³-hybridized carbons (Fsp3) is 0.200. The van der Waals surface area contributed by atoms with Gasteiger partial charge < -0.3 is 10.3 Å². The quantitative estimate of drug-likeness (QED) is 0.641. The molecule has 2 aromatic heterocycles. The number of hydrogen-bond donors (Lipinski definition) is 3. The van der Waals surface area contributed by atoms with Gasteiger partial charge in [0.05, 0.1) is 0 Å². The van der Waals surface area contributed by atoms with Crippen LogP contribution in [0.1, 0.15) is 5.56 Å². The van der Waals surface area contributed by atoms with Crippen molar-refractivity contribution in [3.8, 4) is 0 Å². The molecular weight excluding hydrogens is 312 g/mol. The number of H-pyrrole nitrogens is 1. The van der Waals surface area contributed by atoms with Gasteiger partial charge >= 0.3 is 11.7 Å². The number of benzene rings is 1. The second-order valence-corrected chi connectivity index (χ2v) is 5.28. The first-order valence-electron chi connectivity index (χ1n) is 7.22. The van der Waals surface area contributed by atoms with Gasteiger partial charge in [-0.3, -0.25) is 19.2 Å². The van der Waals surface area contributed by atoms with Crippen molar-refractivity contribution in [2.24, 2.45) is 14.1 Å². The van der Waals surface area contributed by atoms with Crippen LogP contribution in [0.25, 0.3) is 11.2 Å². The maximum atomic E-state index is 12.1. The zero-order valence-corrected chi connectivity index (χ0v) is 13.2. The number of aromatic amines is 1. The van der Waals surface area contributed by atoms with Crippen molar-refractivity contribution in [2.45, 2.75) is 6.54 Å². The maximum Gasteiger partial charge on any atom is 0.332 e. The van der Waals surface area contributed by atoms with Crippen LogP contribution in [0.15, 0.2) is 39.9 Å². The van der Waals surface area contributed by atoms with Gasteiger partial charge in [0.15, 0.2) is 11.2 Å². The van der Waals surface area contributed by atoms with Gasteiger partial charge in [-0.05, 0) is 5.56 Å². The average Bonchev–Trinajstić information content (AvgIpc) is 3.01. The van der Waals surface area contributed by atoms with Crippen LogP contribution in [0, 0.1) is 0 Å². The molecule has 2 heterocycles. The monoisotopic (exact) mass is 328 g/mol. The van der Waals surface area contributed by atoms with Crippen LogP contribution in [0.2, 0.25) is 0 Å². The van der Waals surface area contributed by atoms with Crippen molar-refractivity contribution < 1.29 is 4.79 Å². The zero-order chi connectivity index (χ0) is 17.3. The Labute approximate surface area is 136 Å². The molecule has 0 spiro atoms. The van der Waals surface area contributed by atoms with Gasteiger partial charge in [-0.15, -0.1) is 0 Å². The molecule has 0 bridgehead atoms. The number of rotatable bonds is 3. The molecule has 0 atom stereocenters. The number of fused-ring (bicyclic) bond motifs is 1. The van der Waals surface area contributed by atoms with E-state index in [4.69, 9.17) is 0 Å². The number of hydrogen-bond acceptors (Lipinski definition) is 4. The third kappa shape index (κ3) is 2.78. The first kappa shape index (κ1) is 15.5. The van der Waals surface area contributed by atoms with Gasteiger partial charge in [-0.1, -0.05) is 30.3 Å². The Kier molecular flexibility index (Phi) is 3.90. The maximum absolute atomic E-state index is 12.1. The smallest absolute Gasteiger partial charge is 0.332 e. The van der Waals surface area contributed by atoms with E-state index in [2.05, 4.69) is 20.6 Å². The summed E-state index contributed by atoms with van der Waals surface area (Å²) in [6.45, 7) is 0.354. The van der Waals surface area contributed by atoms with Gasteiger partial charge in [0.2, 0.25) is 5.95 Å². The second kappa shape index (κ2) is 6.03. The summed E-state index contributed by atoms with van der Waals surface area (Å²) in [5, 5.41) is 5.20. The largest absolute Gasteiger partial charge is 0.334 e. The van der Waals surface area contributed by atoms with E-state index >= 15 is 0 Å². The number of anilines is 1. The van der Waals surface area contributed by atoms with Gasteiger partial charge in [0, 0.05) is 20.6 Å². The molecule has 0 unspecified atom stereocenters. The van der Waals surface area contributed by atoms with Crippen LogP contribution in [-0.2, 0) is 20.6 Å². The van der Waals surface area contributed by atoms with Gasteiger partial charge in [-0.25, -0.2) is 9.59 Å². The minimum absolute atomic E-state index is 0.0915. The van der Waals surface area contributed by atoms with E-state index in [9.17, 15) is 14.4 Å². The Morgan fingerprint density at radius 1 is 1.17 bits per heavy atom. The molecule has 9 heteroatoms. The predicted octanol–water partition coefficient (Wildman–Crippen LogP) is 0.282. The Bertz CT molecular complexity index is 1020. The highest BCUT2D eigenvalue weighted by Crippen LogP contribution is 2.08. The molecule has 2 amide bonds. The summed E-state index contributed by atoms with van der Waals surface area (Å²) < 4.78 is 2.21. The Hall–Kier alpha value is -3.36. The summed E-state index contributed by atoms with van der Waals surface area (Å²) in [6.07, 6.45) is 0. The molecule has 0 aliphatic heterocycles. The second-order valence-electron chi connectivity index (χ2n) is 5.28. The molecule has 3 aromatic rings. The molecule has 0 aliphatic rings. The minimum Gasteiger partial charge on any atom is -0.334 e. The van der Waals surface area contributed by atoms with Crippen LogP contribution in [-0.4, -0.2) is 25.1 Å². The standard InChI is InChI=1S/C15H16N6O3/c1-20-11-10(12(22)21(2)15(20)24)17-13(18-11)19-14(23)16-8-9-6-4-3-5-7-9/h3-7H,8H2,1-2H3,(H3,16,17,18,19,23). The number of amides is 2. The fourth-order valence-corrected chi connectivity index (χ4v) is 2.32. The number of nitrogens with zero attached hydrogens (tertiary/aromatic N) is 3. The van der Waals surface area contributed by atoms with Gasteiger partial charge in [0.25, 0.3) is 5.56 Å². The molecule has 3 N–H and O–H groups in total. The summed E-state index contributed by atoms with van der Waals surface area (Å²) in [6, 6.07) is 8.96. The van der Waals surface area contributed by atoms with Crippen LogP contribution < -0.4 is 21.9 Å². The van der Waals surface area contributed by atoms with Gasteiger partial charge in [0.1, 0.15) is 0 Å². The number of urea groups is 1. The number of carbonyl (C=O) groups excluding carboxylic acids is 1. The first-order valence-corrected chi connectivity index (χ1v) is 7.22. The predicted molar refractivity (Wildman–Crippen MR) is 88.9 cm³/mol. The van der Waals surface area contributed by atoms with E-state index in [1.165, 1.54) is 18.7 Å². The number of carbonyl (C=O) groups is 1. The molecule has 0 saturated carbocycles. The molecule has 0 aliphatic carbocycles. The fourth-order valence-electron chi connectivity index (χ4n) is 2.32. The van der Waals surface area contributed by atoms with Crippen LogP contribution >= 0.6 is 0 Å². The zero-order valence-electron chi connectivity index (χ0n) is 13.2. The number of nitrogens with one attached hydrogen (secondary N) is 3. The van der Waals surface area contributed by atoms with E-state index in [1.807, 2.05) is 30.3 Å². The van der Waals surface area contributed by atoms with Crippen LogP contribution in [0.5, 0.6) is 0 Å². The number of aryl methyl sites for hydroxylation is 1. The number of imidazole rings is 1. The molecule has 1 aromatic carbocycles.